The van der Waals surface area contributed by atoms with Gasteiger partial charge in [0.1, 0.15) is 0 Å². The zero-order valence-corrected chi connectivity index (χ0v) is 18.3. The standard InChI is InChI=1S/C21H33F6N3O/c1-4-16(20(22,23)24)12-17(21(25,26)27)13-19(2,3)15-29-18(31)14-28-8-11-30-9-6-5-7-10-30/h12-13,28H,4-11,14-15H2,1-3H3,(H,29,31)/b16-12+,17-13+. The number of piperidine rings is 1. The van der Waals surface area contributed by atoms with Crippen molar-refractivity contribution in [3.63, 3.8) is 0 Å². The molecular formula is C21H33F6N3O. The van der Waals surface area contributed by atoms with Crippen molar-refractivity contribution in [3.05, 3.63) is 23.3 Å². The highest BCUT2D eigenvalue weighted by molar-refractivity contribution is 5.78. The van der Waals surface area contributed by atoms with Crippen molar-refractivity contribution < 1.29 is 31.1 Å². The molecule has 0 spiro atoms. The van der Waals surface area contributed by atoms with Crippen molar-refractivity contribution in [1.82, 2.24) is 15.5 Å². The Balaban J connectivity index is 2.63. The molecule has 1 amide bonds. The van der Waals surface area contributed by atoms with Gasteiger partial charge >= 0.3 is 12.4 Å². The molecule has 180 valence electrons. The van der Waals surface area contributed by atoms with Gasteiger partial charge in [0, 0.05) is 30.6 Å². The number of hydrogen-bond donors (Lipinski definition) is 2. The zero-order valence-electron chi connectivity index (χ0n) is 18.3. The lowest BCUT2D eigenvalue weighted by molar-refractivity contribution is -0.120. The van der Waals surface area contributed by atoms with E-state index in [4.69, 9.17) is 0 Å². The fourth-order valence-electron chi connectivity index (χ4n) is 3.26. The van der Waals surface area contributed by atoms with Gasteiger partial charge in [0.25, 0.3) is 0 Å². The molecular weight excluding hydrogens is 424 g/mol. The molecule has 1 saturated heterocycles. The number of nitrogens with zero attached hydrogens (tertiary/aromatic N) is 1. The molecule has 0 aliphatic carbocycles. The molecule has 0 aromatic heterocycles. The van der Waals surface area contributed by atoms with Gasteiger partial charge in [0.2, 0.25) is 5.91 Å². The number of hydrogen-bond acceptors (Lipinski definition) is 3. The fraction of sp³-hybridized carbons (Fsp3) is 0.762. The van der Waals surface area contributed by atoms with Gasteiger partial charge in [0.05, 0.1) is 12.1 Å². The van der Waals surface area contributed by atoms with Crippen LogP contribution in [0.25, 0.3) is 0 Å². The minimum absolute atomic E-state index is 0.0215. The van der Waals surface area contributed by atoms with Crippen molar-refractivity contribution in [2.45, 2.75) is 58.8 Å². The summed E-state index contributed by atoms with van der Waals surface area (Å²) in [7, 11) is 0. The Bertz CT molecular complexity index is 632. The Kier molecular flexibility index (Phi) is 10.5. The van der Waals surface area contributed by atoms with Crippen molar-refractivity contribution in [3.8, 4) is 0 Å². The van der Waals surface area contributed by atoms with Crippen molar-refractivity contribution in [1.29, 1.82) is 0 Å². The molecule has 1 aliphatic rings. The molecule has 0 radical (unpaired) electrons. The predicted octanol–water partition coefficient (Wildman–Crippen LogP) is 4.59. The average molecular weight is 458 g/mol. The quantitative estimate of drug-likeness (QED) is 0.287. The Morgan fingerprint density at radius 2 is 1.61 bits per heavy atom. The number of allylic oxidation sites excluding steroid dienone is 3. The summed E-state index contributed by atoms with van der Waals surface area (Å²) in [4.78, 5) is 14.3. The van der Waals surface area contributed by atoms with Crippen LogP contribution in [-0.4, -0.2) is 62.4 Å². The van der Waals surface area contributed by atoms with Crippen molar-refractivity contribution >= 4 is 5.91 Å². The number of carbonyl (C=O) groups excluding carboxylic acids is 1. The zero-order chi connectivity index (χ0) is 23.7. The first-order valence-electron chi connectivity index (χ1n) is 10.5. The summed E-state index contributed by atoms with van der Waals surface area (Å²) < 4.78 is 78.6. The number of nitrogens with one attached hydrogen (secondary N) is 2. The van der Waals surface area contributed by atoms with Crippen LogP contribution < -0.4 is 10.6 Å². The number of rotatable bonds is 10. The molecule has 0 aromatic carbocycles. The van der Waals surface area contributed by atoms with E-state index in [1.807, 2.05) is 0 Å². The molecule has 0 bridgehead atoms. The predicted molar refractivity (Wildman–Crippen MR) is 109 cm³/mol. The maximum atomic E-state index is 13.3. The average Bonchev–Trinajstić information content (AvgIpc) is 2.66. The van der Waals surface area contributed by atoms with E-state index in [1.54, 1.807) is 0 Å². The van der Waals surface area contributed by atoms with Gasteiger partial charge in [0.15, 0.2) is 0 Å². The number of halogens is 6. The van der Waals surface area contributed by atoms with E-state index in [1.165, 1.54) is 33.1 Å². The summed E-state index contributed by atoms with van der Waals surface area (Å²) in [5.74, 6) is -0.381. The highest BCUT2D eigenvalue weighted by Gasteiger charge is 2.38. The minimum atomic E-state index is -4.94. The highest BCUT2D eigenvalue weighted by Crippen LogP contribution is 2.36. The second-order valence-corrected chi connectivity index (χ2v) is 8.46. The third-order valence-corrected chi connectivity index (χ3v) is 5.03. The Morgan fingerprint density at radius 1 is 1.00 bits per heavy atom. The molecule has 0 saturated carbocycles. The van der Waals surface area contributed by atoms with Gasteiger partial charge in [-0.05, 0) is 38.4 Å². The first kappa shape index (κ1) is 27.5. The summed E-state index contributed by atoms with van der Waals surface area (Å²) >= 11 is 0. The van der Waals surface area contributed by atoms with E-state index in [9.17, 15) is 31.1 Å². The summed E-state index contributed by atoms with van der Waals surface area (Å²) in [6.07, 6.45) is -5.90. The van der Waals surface area contributed by atoms with Gasteiger partial charge in [-0.25, -0.2) is 0 Å². The Labute approximate surface area is 180 Å². The normalized spacial score (nSPS) is 17.7. The maximum Gasteiger partial charge on any atom is 0.416 e. The van der Waals surface area contributed by atoms with Gasteiger partial charge in [-0.1, -0.05) is 33.3 Å². The first-order valence-corrected chi connectivity index (χ1v) is 10.5. The van der Waals surface area contributed by atoms with E-state index < -0.39 is 35.3 Å². The van der Waals surface area contributed by atoms with Crippen LogP contribution in [0.3, 0.4) is 0 Å². The lowest BCUT2D eigenvalue weighted by Crippen LogP contribution is -2.41. The molecule has 1 rings (SSSR count). The Hall–Kier alpha value is -1.55. The van der Waals surface area contributed by atoms with Crippen LogP contribution >= 0.6 is 0 Å². The topological polar surface area (TPSA) is 44.4 Å². The largest absolute Gasteiger partial charge is 0.416 e. The molecule has 1 heterocycles. The lowest BCUT2D eigenvalue weighted by Gasteiger charge is -2.26. The monoisotopic (exact) mass is 457 g/mol. The molecule has 1 fully saturated rings. The number of carbonyl (C=O) groups is 1. The molecule has 31 heavy (non-hydrogen) atoms. The van der Waals surface area contributed by atoms with Gasteiger partial charge in [-0.15, -0.1) is 0 Å². The van der Waals surface area contributed by atoms with Crippen LogP contribution in [0.15, 0.2) is 23.3 Å². The molecule has 10 heteroatoms. The first-order chi connectivity index (χ1) is 14.2. The van der Waals surface area contributed by atoms with E-state index in [-0.39, 0.29) is 25.1 Å². The minimum Gasteiger partial charge on any atom is -0.354 e. The van der Waals surface area contributed by atoms with Crippen molar-refractivity contribution in [2.24, 2.45) is 5.41 Å². The number of amides is 1. The van der Waals surface area contributed by atoms with Gasteiger partial charge in [-0.3, -0.25) is 4.79 Å². The summed E-state index contributed by atoms with van der Waals surface area (Å²) in [6, 6.07) is 0. The second-order valence-electron chi connectivity index (χ2n) is 8.46. The van der Waals surface area contributed by atoms with Gasteiger partial charge < -0.3 is 15.5 Å². The number of alkyl halides is 6. The molecule has 1 aliphatic heterocycles. The Morgan fingerprint density at radius 3 is 2.13 bits per heavy atom. The van der Waals surface area contributed by atoms with Crippen LogP contribution in [0.4, 0.5) is 26.3 Å². The molecule has 0 unspecified atom stereocenters. The van der Waals surface area contributed by atoms with Crippen LogP contribution in [-0.2, 0) is 4.79 Å². The number of likely N-dealkylation sites (tertiary alicyclic amines) is 1. The van der Waals surface area contributed by atoms with Crippen LogP contribution in [0, 0.1) is 5.41 Å². The maximum absolute atomic E-state index is 13.3. The summed E-state index contributed by atoms with van der Waals surface area (Å²) in [6.45, 7) is 7.41. The molecule has 0 aromatic rings. The third-order valence-electron chi connectivity index (χ3n) is 5.03. The second kappa shape index (κ2) is 11.9. The van der Waals surface area contributed by atoms with Gasteiger partial charge in [-0.2, -0.15) is 26.3 Å². The SMILES string of the molecule is CC/C(=C\C(=C/C(C)(C)CNC(=O)CNCCN1CCCCC1)C(F)(F)F)C(F)(F)F. The lowest BCUT2D eigenvalue weighted by atomic mass is 9.89. The van der Waals surface area contributed by atoms with E-state index in [0.29, 0.717) is 6.54 Å². The smallest absolute Gasteiger partial charge is 0.354 e. The van der Waals surface area contributed by atoms with Crippen LogP contribution in [0.2, 0.25) is 0 Å². The fourth-order valence-corrected chi connectivity index (χ4v) is 3.26. The third kappa shape index (κ3) is 11.0. The molecule has 0 atom stereocenters. The summed E-state index contributed by atoms with van der Waals surface area (Å²) in [5, 5.41) is 5.55. The van der Waals surface area contributed by atoms with E-state index >= 15 is 0 Å². The van der Waals surface area contributed by atoms with E-state index in [0.717, 1.165) is 32.6 Å². The summed E-state index contributed by atoms with van der Waals surface area (Å²) in [5.41, 5.74) is -3.83. The van der Waals surface area contributed by atoms with E-state index in [2.05, 4.69) is 15.5 Å². The highest BCUT2D eigenvalue weighted by atomic mass is 19.4. The molecule has 4 nitrogen and oxygen atoms in total. The van der Waals surface area contributed by atoms with Crippen molar-refractivity contribution in [2.75, 3.05) is 39.3 Å². The molecule has 2 N–H and O–H groups in total. The van der Waals surface area contributed by atoms with Crippen LogP contribution in [0.5, 0.6) is 0 Å². The van der Waals surface area contributed by atoms with Crippen LogP contribution in [0.1, 0.15) is 46.5 Å².